The molecule has 0 aliphatic heterocycles. The van der Waals surface area contributed by atoms with Crippen LogP contribution in [0.15, 0.2) is 72.8 Å². The minimum atomic E-state index is -0.539. The first kappa shape index (κ1) is 21.2. The number of hydrogen-bond donors (Lipinski definition) is 2. The van der Waals surface area contributed by atoms with Gasteiger partial charge < -0.3 is 19.9 Å². The molecular weight excluding hydrogens is 386 g/mol. The molecule has 0 unspecified atom stereocenters. The molecule has 3 aromatic carbocycles. The van der Waals surface area contributed by atoms with Crippen LogP contribution in [0.4, 0.5) is 0 Å². The second-order valence-electron chi connectivity index (χ2n) is 6.69. The van der Waals surface area contributed by atoms with Crippen LogP contribution in [0.25, 0.3) is 0 Å². The molecule has 0 amide bonds. The lowest BCUT2D eigenvalue weighted by molar-refractivity contribution is 0.174. The molecule has 5 heteroatoms. The first-order valence-electron chi connectivity index (χ1n) is 9.72. The summed E-state index contributed by atoms with van der Waals surface area (Å²) in [5.74, 6) is 1.40. The van der Waals surface area contributed by atoms with Gasteiger partial charge in [-0.2, -0.15) is 0 Å². The minimum Gasteiger partial charge on any atom is -0.490 e. The maximum atomic E-state index is 10.3. The van der Waals surface area contributed by atoms with E-state index in [4.69, 9.17) is 21.1 Å². The molecule has 4 nitrogen and oxygen atoms in total. The van der Waals surface area contributed by atoms with E-state index in [-0.39, 0.29) is 0 Å². The van der Waals surface area contributed by atoms with E-state index in [1.807, 2.05) is 79.7 Å². The zero-order valence-electron chi connectivity index (χ0n) is 16.5. The lowest BCUT2D eigenvalue weighted by atomic mass is 10.1. The van der Waals surface area contributed by atoms with Crippen LogP contribution in [-0.2, 0) is 13.2 Å². The molecular formula is C24H26ClNO3. The van der Waals surface area contributed by atoms with Crippen molar-refractivity contribution in [2.75, 3.05) is 13.2 Å². The molecule has 3 aromatic rings. The first-order valence-corrected chi connectivity index (χ1v) is 10.1. The largest absolute Gasteiger partial charge is 0.490 e. The van der Waals surface area contributed by atoms with Crippen LogP contribution < -0.4 is 14.8 Å². The van der Waals surface area contributed by atoms with Gasteiger partial charge in [0.15, 0.2) is 11.5 Å². The van der Waals surface area contributed by atoms with E-state index in [1.165, 1.54) is 0 Å². The van der Waals surface area contributed by atoms with E-state index >= 15 is 0 Å². The van der Waals surface area contributed by atoms with Crippen LogP contribution in [0.1, 0.15) is 29.7 Å². The van der Waals surface area contributed by atoms with Gasteiger partial charge in [0.05, 0.1) is 12.7 Å². The summed E-state index contributed by atoms with van der Waals surface area (Å²) in [6.45, 7) is 4.01. The minimum absolute atomic E-state index is 0.418. The number of rotatable bonds is 10. The third kappa shape index (κ3) is 6.50. The van der Waals surface area contributed by atoms with E-state index in [2.05, 4.69) is 5.32 Å². The van der Waals surface area contributed by atoms with Crippen LogP contribution in [0.5, 0.6) is 11.5 Å². The summed E-state index contributed by atoms with van der Waals surface area (Å²) >= 11 is 6.03. The molecule has 0 radical (unpaired) electrons. The highest BCUT2D eigenvalue weighted by molar-refractivity contribution is 6.30. The lowest BCUT2D eigenvalue weighted by Crippen LogP contribution is -2.21. The van der Waals surface area contributed by atoms with Gasteiger partial charge in [-0.15, -0.1) is 0 Å². The Morgan fingerprint density at radius 2 is 1.72 bits per heavy atom. The summed E-state index contributed by atoms with van der Waals surface area (Å²) in [5, 5.41) is 14.2. The fourth-order valence-corrected chi connectivity index (χ4v) is 3.20. The molecule has 2 N–H and O–H groups in total. The van der Waals surface area contributed by atoms with Crippen molar-refractivity contribution in [1.29, 1.82) is 0 Å². The molecule has 1 atom stereocenters. The van der Waals surface area contributed by atoms with E-state index in [0.29, 0.717) is 42.8 Å². The van der Waals surface area contributed by atoms with Gasteiger partial charge in [-0.05, 0) is 47.9 Å². The van der Waals surface area contributed by atoms with Gasteiger partial charge in [0.2, 0.25) is 0 Å². The Bertz CT molecular complexity index is 902. The number of aliphatic hydroxyl groups excluding tert-OH is 1. The molecule has 0 bridgehead atoms. The Labute approximate surface area is 177 Å². The van der Waals surface area contributed by atoms with Gasteiger partial charge in [-0.3, -0.25) is 0 Å². The summed E-state index contributed by atoms with van der Waals surface area (Å²) in [4.78, 5) is 0. The Morgan fingerprint density at radius 1 is 0.897 bits per heavy atom. The molecule has 152 valence electrons. The molecule has 0 saturated heterocycles. The Kier molecular flexibility index (Phi) is 7.94. The Hall–Kier alpha value is -2.53. The van der Waals surface area contributed by atoms with Crippen molar-refractivity contribution in [2.45, 2.75) is 26.2 Å². The maximum Gasteiger partial charge on any atom is 0.161 e. The topological polar surface area (TPSA) is 50.7 Å². The molecule has 0 saturated carbocycles. The first-order chi connectivity index (χ1) is 14.2. The molecule has 0 spiro atoms. The van der Waals surface area contributed by atoms with Gasteiger partial charge in [0.1, 0.15) is 6.61 Å². The smallest absolute Gasteiger partial charge is 0.161 e. The van der Waals surface area contributed by atoms with Crippen molar-refractivity contribution in [3.05, 3.63) is 94.5 Å². The van der Waals surface area contributed by atoms with Crippen molar-refractivity contribution in [3.8, 4) is 11.5 Å². The Morgan fingerprint density at radius 3 is 2.48 bits per heavy atom. The van der Waals surface area contributed by atoms with Crippen molar-refractivity contribution < 1.29 is 14.6 Å². The van der Waals surface area contributed by atoms with Crippen LogP contribution in [0.2, 0.25) is 5.02 Å². The predicted octanol–water partition coefficient (Wildman–Crippen LogP) is 5.14. The van der Waals surface area contributed by atoms with Gasteiger partial charge >= 0.3 is 0 Å². The zero-order valence-corrected chi connectivity index (χ0v) is 17.2. The van der Waals surface area contributed by atoms with E-state index in [9.17, 15) is 5.11 Å². The third-order valence-corrected chi connectivity index (χ3v) is 4.68. The fourth-order valence-electron chi connectivity index (χ4n) is 2.98. The summed E-state index contributed by atoms with van der Waals surface area (Å²) in [6.07, 6.45) is -0.539. The van der Waals surface area contributed by atoms with Gasteiger partial charge in [0.25, 0.3) is 0 Å². The van der Waals surface area contributed by atoms with Crippen molar-refractivity contribution >= 4 is 11.6 Å². The molecule has 0 aliphatic rings. The Balaban J connectivity index is 1.58. The van der Waals surface area contributed by atoms with Gasteiger partial charge in [-0.1, -0.05) is 60.1 Å². The second kappa shape index (κ2) is 10.9. The molecule has 0 fully saturated rings. The molecule has 0 aromatic heterocycles. The van der Waals surface area contributed by atoms with Crippen LogP contribution >= 0.6 is 11.6 Å². The van der Waals surface area contributed by atoms with E-state index in [1.54, 1.807) is 0 Å². The molecule has 0 heterocycles. The fraction of sp³-hybridized carbons (Fsp3) is 0.250. The van der Waals surface area contributed by atoms with E-state index < -0.39 is 6.10 Å². The monoisotopic (exact) mass is 411 g/mol. The van der Waals surface area contributed by atoms with Crippen LogP contribution in [0.3, 0.4) is 0 Å². The highest BCUT2D eigenvalue weighted by atomic mass is 35.5. The summed E-state index contributed by atoms with van der Waals surface area (Å²) in [5.41, 5.74) is 2.96. The maximum absolute atomic E-state index is 10.3. The average Bonchev–Trinajstić information content (AvgIpc) is 2.74. The van der Waals surface area contributed by atoms with Crippen LogP contribution in [-0.4, -0.2) is 18.3 Å². The van der Waals surface area contributed by atoms with Gasteiger partial charge in [-0.25, -0.2) is 0 Å². The van der Waals surface area contributed by atoms with Crippen molar-refractivity contribution in [1.82, 2.24) is 5.32 Å². The van der Waals surface area contributed by atoms with Crippen molar-refractivity contribution in [2.24, 2.45) is 0 Å². The molecule has 0 aliphatic carbocycles. The SMILES string of the molecule is CCOc1cc(CNC[C@@H](O)c2ccccc2)ccc1OCc1cccc(Cl)c1. The normalized spacial score (nSPS) is 11.8. The molecule has 3 rings (SSSR count). The van der Waals surface area contributed by atoms with E-state index in [0.717, 1.165) is 16.7 Å². The highest BCUT2D eigenvalue weighted by Crippen LogP contribution is 2.29. The third-order valence-electron chi connectivity index (χ3n) is 4.44. The summed E-state index contributed by atoms with van der Waals surface area (Å²) < 4.78 is 11.7. The number of hydrogen-bond acceptors (Lipinski definition) is 4. The van der Waals surface area contributed by atoms with Gasteiger partial charge in [0, 0.05) is 18.1 Å². The number of halogens is 1. The zero-order chi connectivity index (χ0) is 20.5. The van der Waals surface area contributed by atoms with Crippen molar-refractivity contribution in [3.63, 3.8) is 0 Å². The standard InChI is InChI=1S/C24H26ClNO3/c1-2-28-24-14-18(15-26-16-22(27)20-8-4-3-5-9-20)11-12-23(24)29-17-19-7-6-10-21(25)13-19/h3-14,22,26-27H,2,15-17H2,1H3/t22-/m1/s1. The summed E-state index contributed by atoms with van der Waals surface area (Å²) in [6, 6.07) is 23.1. The number of aliphatic hydroxyl groups is 1. The van der Waals surface area contributed by atoms with Crippen LogP contribution in [0, 0.1) is 0 Å². The average molecular weight is 412 g/mol. The number of nitrogens with one attached hydrogen (secondary N) is 1. The lowest BCUT2D eigenvalue weighted by Gasteiger charge is -2.15. The number of benzene rings is 3. The number of ether oxygens (including phenoxy) is 2. The predicted molar refractivity (Wildman–Crippen MR) is 117 cm³/mol. The molecule has 29 heavy (non-hydrogen) atoms. The quantitative estimate of drug-likeness (QED) is 0.485. The second-order valence-corrected chi connectivity index (χ2v) is 7.13. The highest BCUT2D eigenvalue weighted by Gasteiger charge is 2.09. The summed E-state index contributed by atoms with van der Waals surface area (Å²) in [7, 11) is 0.